The molecule has 22 heavy (non-hydrogen) atoms. The molecule has 1 fully saturated rings. The van der Waals surface area contributed by atoms with Crippen molar-refractivity contribution in [2.24, 2.45) is 0 Å². The van der Waals surface area contributed by atoms with Crippen molar-refractivity contribution in [1.82, 2.24) is 15.1 Å². The topological polar surface area (TPSA) is 58.1 Å². The first kappa shape index (κ1) is 17.5. The predicted octanol–water partition coefficient (Wildman–Crippen LogP) is 3.63. The van der Waals surface area contributed by atoms with Crippen LogP contribution in [0.5, 0.6) is 0 Å². The summed E-state index contributed by atoms with van der Waals surface area (Å²) in [6.45, 7) is 7.47. The molecule has 0 radical (unpaired) electrons. The Labute approximate surface area is 141 Å². The van der Waals surface area contributed by atoms with Crippen molar-refractivity contribution in [1.29, 1.82) is 0 Å². The van der Waals surface area contributed by atoms with Gasteiger partial charge in [-0.1, -0.05) is 42.4 Å². The van der Waals surface area contributed by atoms with Gasteiger partial charge in [0.2, 0.25) is 11.0 Å². The Bertz CT molecular complexity index is 470. The highest BCUT2D eigenvalue weighted by atomic mass is 32.2. The van der Waals surface area contributed by atoms with Crippen molar-refractivity contribution in [3.05, 3.63) is 0 Å². The van der Waals surface area contributed by atoms with Crippen molar-refractivity contribution >= 4 is 34.1 Å². The number of nitrogens with one attached hydrogen (secondary N) is 1. The second-order valence-corrected chi connectivity index (χ2v) is 8.19. The quantitative estimate of drug-likeness (QED) is 0.767. The van der Waals surface area contributed by atoms with Gasteiger partial charge in [-0.25, -0.2) is 0 Å². The zero-order valence-electron chi connectivity index (χ0n) is 13.7. The van der Waals surface area contributed by atoms with E-state index in [1.807, 2.05) is 25.7 Å². The first-order valence-electron chi connectivity index (χ1n) is 8.19. The summed E-state index contributed by atoms with van der Waals surface area (Å²) in [7, 11) is 0. The van der Waals surface area contributed by atoms with Gasteiger partial charge in [0.05, 0.1) is 5.25 Å². The SMILES string of the molecule is CCN(CC)C(=O)C(C)Sc1nnc(NC2CCCCC2)s1. The lowest BCUT2D eigenvalue weighted by molar-refractivity contribution is -0.129. The third kappa shape index (κ3) is 4.84. The van der Waals surface area contributed by atoms with Gasteiger partial charge in [-0.3, -0.25) is 4.79 Å². The van der Waals surface area contributed by atoms with Crippen molar-refractivity contribution in [3.63, 3.8) is 0 Å². The minimum absolute atomic E-state index is 0.115. The number of rotatable bonds is 7. The number of aromatic nitrogens is 2. The maximum absolute atomic E-state index is 12.3. The molecule has 0 saturated heterocycles. The van der Waals surface area contributed by atoms with Crippen LogP contribution >= 0.6 is 23.1 Å². The Kier molecular flexibility index (Phi) is 6.95. The van der Waals surface area contributed by atoms with E-state index in [1.165, 1.54) is 43.9 Å². The van der Waals surface area contributed by atoms with Gasteiger partial charge in [0, 0.05) is 19.1 Å². The number of nitrogens with zero attached hydrogens (tertiary/aromatic N) is 3. The average Bonchev–Trinajstić information content (AvgIpc) is 2.96. The van der Waals surface area contributed by atoms with E-state index in [4.69, 9.17) is 0 Å². The van der Waals surface area contributed by atoms with E-state index < -0.39 is 0 Å². The number of hydrogen-bond donors (Lipinski definition) is 1. The Morgan fingerprint density at radius 2 is 2.00 bits per heavy atom. The molecule has 0 aliphatic heterocycles. The highest BCUT2D eigenvalue weighted by molar-refractivity contribution is 8.02. The van der Waals surface area contributed by atoms with Crippen LogP contribution in [0.2, 0.25) is 0 Å². The predicted molar refractivity (Wildman–Crippen MR) is 93.7 cm³/mol. The molecule has 1 aromatic rings. The lowest BCUT2D eigenvalue weighted by Gasteiger charge is -2.22. The summed E-state index contributed by atoms with van der Waals surface area (Å²) < 4.78 is 0.867. The van der Waals surface area contributed by atoms with Crippen LogP contribution in [0.4, 0.5) is 5.13 Å². The maximum Gasteiger partial charge on any atom is 0.235 e. The van der Waals surface area contributed by atoms with Crippen LogP contribution in [0, 0.1) is 0 Å². The highest BCUT2D eigenvalue weighted by Gasteiger charge is 2.21. The van der Waals surface area contributed by atoms with Crippen molar-refractivity contribution in [2.75, 3.05) is 18.4 Å². The highest BCUT2D eigenvalue weighted by Crippen LogP contribution is 2.31. The van der Waals surface area contributed by atoms with Gasteiger partial charge in [-0.2, -0.15) is 0 Å². The lowest BCUT2D eigenvalue weighted by Crippen LogP contribution is -2.36. The van der Waals surface area contributed by atoms with E-state index >= 15 is 0 Å². The number of anilines is 1. The molecule has 1 unspecified atom stereocenters. The molecular weight excluding hydrogens is 316 g/mol. The summed E-state index contributed by atoms with van der Waals surface area (Å²) in [6, 6.07) is 0.536. The summed E-state index contributed by atoms with van der Waals surface area (Å²) >= 11 is 3.07. The van der Waals surface area contributed by atoms with E-state index in [-0.39, 0.29) is 11.2 Å². The first-order chi connectivity index (χ1) is 10.6. The van der Waals surface area contributed by atoms with E-state index in [2.05, 4.69) is 15.5 Å². The van der Waals surface area contributed by atoms with Gasteiger partial charge < -0.3 is 10.2 Å². The van der Waals surface area contributed by atoms with E-state index in [1.54, 1.807) is 11.3 Å². The molecule has 0 spiro atoms. The summed E-state index contributed by atoms with van der Waals surface area (Å²) in [5, 5.41) is 12.7. The molecule has 1 atom stereocenters. The molecule has 2 rings (SSSR count). The molecule has 0 aromatic carbocycles. The van der Waals surface area contributed by atoms with Crippen LogP contribution in [-0.2, 0) is 4.79 Å². The van der Waals surface area contributed by atoms with Gasteiger partial charge in [0.25, 0.3) is 0 Å². The first-order valence-corrected chi connectivity index (χ1v) is 9.89. The molecule has 1 aliphatic carbocycles. The molecule has 7 heteroatoms. The maximum atomic E-state index is 12.3. The zero-order valence-corrected chi connectivity index (χ0v) is 15.3. The smallest absolute Gasteiger partial charge is 0.235 e. The largest absolute Gasteiger partial charge is 0.357 e. The summed E-state index contributed by atoms with van der Waals surface area (Å²) in [4.78, 5) is 14.1. The molecule has 1 amide bonds. The normalized spacial score (nSPS) is 17.2. The van der Waals surface area contributed by atoms with E-state index in [0.717, 1.165) is 22.6 Å². The third-order valence-corrected chi connectivity index (χ3v) is 6.07. The van der Waals surface area contributed by atoms with Crippen LogP contribution in [0.15, 0.2) is 4.34 Å². The third-order valence-electron chi connectivity index (χ3n) is 4.04. The molecule has 1 saturated carbocycles. The second kappa shape index (κ2) is 8.72. The van der Waals surface area contributed by atoms with Crippen LogP contribution in [0.25, 0.3) is 0 Å². The fraction of sp³-hybridized carbons (Fsp3) is 0.800. The van der Waals surface area contributed by atoms with Crippen LogP contribution in [0.3, 0.4) is 0 Å². The molecule has 1 N–H and O–H groups in total. The zero-order chi connectivity index (χ0) is 15.9. The summed E-state index contributed by atoms with van der Waals surface area (Å²) in [5.41, 5.74) is 0. The average molecular weight is 343 g/mol. The molecule has 1 heterocycles. The molecular formula is C15H26N4OS2. The van der Waals surface area contributed by atoms with Gasteiger partial charge in [0.1, 0.15) is 0 Å². The number of thioether (sulfide) groups is 1. The molecule has 1 aliphatic rings. The molecule has 5 nitrogen and oxygen atoms in total. The van der Waals surface area contributed by atoms with Gasteiger partial charge in [-0.05, 0) is 33.6 Å². The molecule has 124 valence electrons. The Hall–Kier alpha value is -0.820. The van der Waals surface area contributed by atoms with Gasteiger partial charge in [0.15, 0.2) is 4.34 Å². The van der Waals surface area contributed by atoms with E-state index in [0.29, 0.717) is 6.04 Å². The molecule has 0 bridgehead atoms. The standard InChI is InChI=1S/C15H26N4OS2/c1-4-19(5-2)13(20)11(3)21-15-18-17-14(22-15)16-12-9-7-6-8-10-12/h11-12H,4-10H2,1-3H3,(H,16,17). The molecule has 1 aromatic heterocycles. The minimum atomic E-state index is -0.115. The van der Waals surface area contributed by atoms with E-state index in [9.17, 15) is 4.79 Å². The summed E-state index contributed by atoms with van der Waals surface area (Å²) in [5.74, 6) is 0.173. The van der Waals surface area contributed by atoms with Crippen molar-refractivity contribution in [3.8, 4) is 0 Å². The lowest BCUT2D eigenvalue weighted by atomic mass is 9.96. The van der Waals surface area contributed by atoms with Crippen molar-refractivity contribution in [2.45, 2.75) is 68.5 Å². The fourth-order valence-corrected chi connectivity index (χ4v) is 4.79. The monoisotopic (exact) mass is 342 g/mol. The van der Waals surface area contributed by atoms with Gasteiger partial charge in [-0.15, -0.1) is 10.2 Å². The van der Waals surface area contributed by atoms with Crippen LogP contribution < -0.4 is 5.32 Å². The summed E-state index contributed by atoms with van der Waals surface area (Å²) in [6.07, 6.45) is 6.39. The van der Waals surface area contributed by atoms with Crippen molar-refractivity contribution < 1.29 is 4.79 Å². The Morgan fingerprint density at radius 3 is 2.64 bits per heavy atom. The van der Waals surface area contributed by atoms with Crippen LogP contribution in [-0.4, -0.2) is 45.4 Å². The Morgan fingerprint density at radius 1 is 1.32 bits per heavy atom. The Balaban J connectivity index is 1.86. The second-order valence-electron chi connectivity index (χ2n) is 5.62. The van der Waals surface area contributed by atoms with Gasteiger partial charge >= 0.3 is 0 Å². The number of carbonyl (C=O) groups excluding carboxylic acids is 1. The fourth-order valence-electron chi connectivity index (χ4n) is 2.73. The number of hydrogen-bond acceptors (Lipinski definition) is 6. The van der Waals surface area contributed by atoms with Crippen LogP contribution in [0.1, 0.15) is 52.9 Å². The number of carbonyl (C=O) groups is 1. The minimum Gasteiger partial charge on any atom is -0.357 e. The number of amides is 1.